The van der Waals surface area contributed by atoms with Crippen molar-refractivity contribution in [2.24, 2.45) is 0 Å². The van der Waals surface area contributed by atoms with Crippen LogP contribution in [0, 0.1) is 0 Å². The van der Waals surface area contributed by atoms with Crippen LogP contribution in [0.4, 0.5) is 5.88 Å². The highest BCUT2D eigenvalue weighted by Gasteiger charge is 2.30. The SMILES string of the molecule is COc1ccccc1-c1nc(S(=O)(=O)c2ccc3c(c2)OCCO3)c(NCCCn2ccnc2)o1. The lowest BCUT2D eigenvalue weighted by Crippen LogP contribution is -2.16. The van der Waals surface area contributed by atoms with Crippen LogP contribution < -0.4 is 19.5 Å². The van der Waals surface area contributed by atoms with Crippen molar-refractivity contribution in [3.05, 3.63) is 61.2 Å². The Hall–Kier alpha value is -3.99. The maximum Gasteiger partial charge on any atom is 0.233 e. The van der Waals surface area contributed by atoms with Crippen molar-refractivity contribution in [1.29, 1.82) is 0 Å². The number of hydrogen-bond acceptors (Lipinski definition) is 9. The molecule has 0 atom stereocenters. The molecule has 1 aliphatic rings. The first-order chi connectivity index (χ1) is 17.1. The Bertz CT molecular complexity index is 1420. The number of hydrogen-bond donors (Lipinski definition) is 1. The Balaban J connectivity index is 1.49. The van der Waals surface area contributed by atoms with Crippen molar-refractivity contribution < 1.29 is 27.0 Å². The van der Waals surface area contributed by atoms with Crippen LogP contribution >= 0.6 is 0 Å². The first-order valence-electron chi connectivity index (χ1n) is 11.0. The number of methoxy groups -OCH3 is 1. The van der Waals surface area contributed by atoms with Crippen LogP contribution in [0.3, 0.4) is 0 Å². The molecular formula is C24H24N4O6S. The summed E-state index contributed by atoms with van der Waals surface area (Å²) in [4.78, 5) is 8.45. The molecule has 0 saturated carbocycles. The molecule has 0 bridgehead atoms. The van der Waals surface area contributed by atoms with Crippen molar-refractivity contribution in [3.63, 3.8) is 0 Å². The lowest BCUT2D eigenvalue weighted by Gasteiger charge is -2.18. The van der Waals surface area contributed by atoms with Crippen LogP contribution in [0.5, 0.6) is 17.2 Å². The Kier molecular flexibility index (Phi) is 6.32. The van der Waals surface area contributed by atoms with Crippen LogP contribution in [0.2, 0.25) is 0 Å². The van der Waals surface area contributed by atoms with E-state index < -0.39 is 9.84 Å². The summed E-state index contributed by atoms with van der Waals surface area (Å²) in [6, 6.07) is 11.6. The van der Waals surface area contributed by atoms with Gasteiger partial charge in [0, 0.05) is 31.5 Å². The predicted molar refractivity (Wildman–Crippen MR) is 127 cm³/mol. The normalized spacial score (nSPS) is 12.9. The summed E-state index contributed by atoms with van der Waals surface area (Å²) in [5, 5.41) is 2.89. The minimum absolute atomic E-state index is 0.0306. The van der Waals surface area contributed by atoms with E-state index in [-0.39, 0.29) is 21.7 Å². The van der Waals surface area contributed by atoms with E-state index in [1.807, 2.05) is 16.8 Å². The number of anilines is 1. The van der Waals surface area contributed by atoms with Gasteiger partial charge in [0.2, 0.25) is 26.6 Å². The van der Waals surface area contributed by atoms with Crippen molar-refractivity contribution >= 4 is 15.7 Å². The van der Waals surface area contributed by atoms with Crippen LogP contribution in [-0.4, -0.2) is 49.8 Å². The number of oxazole rings is 1. The number of imidazole rings is 1. The molecule has 0 aliphatic carbocycles. The van der Waals surface area contributed by atoms with Gasteiger partial charge in [0.05, 0.1) is 23.9 Å². The van der Waals surface area contributed by atoms with Crippen LogP contribution in [0.25, 0.3) is 11.5 Å². The molecule has 11 heteroatoms. The van der Waals surface area contributed by atoms with E-state index >= 15 is 0 Å². The van der Waals surface area contributed by atoms with Gasteiger partial charge in [0.1, 0.15) is 19.0 Å². The molecule has 2 aromatic carbocycles. The third-order valence-corrected chi connectivity index (χ3v) is 7.11. The zero-order valence-corrected chi connectivity index (χ0v) is 19.8. The van der Waals surface area contributed by atoms with Gasteiger partial charge < -0.3 is 28.5 Å². The highest BCUT2D eigenvalue weighted by molar-refractivity contribution is 7.91. The lowest BCUT2D eigenvalue weighted by atomic mass is 10.2. The summed E-state index contributed by atoms with van der Waals surface area (Å²) in [6.45, 7) is 1.94. The van der Waals surface area contributed by atoms with E-state index in [4.69, 9.17) is 18.6 Å². The van der Waals surface area contributed by atoms with Crippen LogP contribution in [-0.2, 0) is 16.4 Å². The topological polar surface area (TPSA) is 118 Å². The van der Waals surface area contributed by atoms with E-state index in [1.165, 1.54) is 19.2 Å². The Morgan fingerprint density at radius 2 is 1.94 bits per heavy atom. The van der Waals surface area contributed by atoms with Gasteiger partial charge in [-0.05, 0) is 30.7 Å². The van der Waals surface area contributed by atoms with Gasteiger partial charge in [0.25, 0.3) is 0 Å². The number of rotatable bonds is 9. The molecule has 35 heavy (non-hydrogen) atoms. The molecule has 0 spiro atoms. The van der Waals surface area contributed by atoms with Gasteiger partial charge in [-0.2, -0.15) is 4.98 Å². The van der Waals surface area contributed by atoms with E-state index in [0.29, 0.717) is 55.5 Å². The molecule has 182 valence electrons. The minimum atomic E-state index is -4.05. The number of fused-ring (bicyclic) bond motifs is 1. The number of aromatic nitrogens is 3. The summed E-state index contributed by atoms with van der Waals surface area (Å²) in [7, 11) is -2.52. The highest BCUT2D eigenvalue weighted by Crippen LogP contribution is 2.38. The second kappa shape index (κ2) is 9.71. The van der Waals surface area contributed by atoms with Crippen LogP contribution in [0.1, 0.15) is 6.42 Å². The molecule has 0 radical (unpaired) electrons. The number of nitrogens with zero attached hydrogens (tertiary/aromatic N) is 3. The molecule has 2 aromatic heterocycles. The van der Waals surface area contributed by atoms with E-state index in [0.717, 1.165) is 0 Å². The highest BCUT2D eigenvalue weighted by atomic mass is 32.2. The van der Waals surface area contributed by atoms with Crippen LogP contribution in [0.15, 0.2) is 75.5 Å². The molecule has 5 rings (SSSR count). The first kappa shape index (κ1) is 22.8. The molecule has 4 aromatic rings. The quantitative estimate of drug-likeness (QED) is 0.346. The summed E-state index contributed by atoms with van der Waals surface area (Å²) in [6.07, 6.45) is 6.02. The largest absolute Gasteiger partial charge is 0.496 e. The van der Waals surface area contributed by atoms with Gasteiger partial charge in [0.15, 0.2) is 11.5 Å². The molecule has 0 saturated heterocycles. The lowest BCUT2D eigenvalue weighted by molar-refractivity contribution is 0.171. The zero-order chi connectivity index (χ0) is 24.3. The number of para-hydroxylation sites is 1. The fourth-order valence-corrected chi connectivity index (χ4v) is 5.02. The number of aryl methyl sites for hydroxylation is 1. The van der Waals surface area contributed by atoms with Crippen molar-refractivity contribution in [3.8, 4) is 28.7 Å². The summed E-state index contributed by atoms with van der Waals surface area (Å²) in [5.41, 5.74) is 0.542. The van der Waals surface area contributed by atoms with Gasteiger partial charge in [-0.1, -0.05) is 12.1 Å². The zero-order valence-electron chi connectivity index (χ0n) is 19.0. The average Bonchev–Trinajstić information content (AvgIpc) is 3.57. The summed E-state index contributed by atoms with van der Waals surface area (Å²) >= 11 is 0. The Labute approximate surface area is 202 Å². The monoisotopic (exact) mass is 496 g/mol. The molecule has 10 nitrogen and oxygen atoms in total. The molecular weight excluding hydrogens is 472 g/mol. The molecule has 0 fully saturated rings. The summed E-state index contributed by atoms with van der Waals surface area (Å²) < 4.78 is 51.7. The second-order valence-electron chi connectivity index (χ2n) is 7.74. The van der Waals surface area contributed by atoms with E-state index in [1.54, 1.807) is 36.8 Å². The fourth-order valence-electron chi connectivity index (χ4n) is 3.72. The van der Waals surface area contributed by atoms with Gasteiger partial charge in [-0.15, -0.1) is 0 Å². The van der Waals surface area contributed by atoms with E-state index in [2.05, 4.69) is 15.3 Å². The maximum atomic E-state index is 13.7. The number of nitrogens with one attached hydrogen (secondary N) is 1. The predicted octanol–water partition coefficient (Wildman–Crippen LogP) is 3.65. The molecule has 0 unspecified atom stereocenters. The number of ether oxygens (including phenoxy) is 3. The van der Waals surface area contributed by atoms with Gasteiger partial charge in [-0.25, -0.2) is 13.4 Å². The van der Waals surface area contributed by atoms with Crippen molar-refractivity contribution in [2.75, 3.05) is 32.2 Å². The summed E-state index contributed by atoms with van der Waals surface area (Å²) in [5.74, 6) is 1.59. The minimum Gasteiger partial charge on any atom is -0.496 e. The Morgan fingerprint density at radius 3 is 2.74 bits per heavy atom. The molecule has 1 N–H and O–H groups in total. The first-order valence-corrected chi connectivity index (χ1v) is 12.5. The molecule has 3 heterocycles. The second-order valence-corrected chi connectivity index (χ2v) is 9.61. The number of benzene rings is 2. The fraction of sp³-hybridized carbons (Fsp3) is 0.250. The molecule has 0 amide bonds. The van der Waals surface area contributed by atoms with Gasteiger partial charge >= 0.3 is 0 Å². The average molecular weight is 497 g/mol. The van der Waals surface area contributed by atoms with Crippen molar-refractivity contribution in [1.82, 2.24) is 14.5 Å². The Morgan fingerprint density at radius 1 is 1.11 bits per heavy atom. The smallest absolute Gasteiger partial charge is 0.233 e. The maximum absolute atomic E-state index is 13.7. The molecule has 1 aliphatic heterocycles. The third-order valence-electron chi connectivity index (χ3n) is 5.45. The van der Waals surface area contributed by atoms with E-state index in [9.17, 15) is 8.42 Å². The number of sulfone groups is 1. The third kappa shape index (κ3) is 4.67. The standard InChI is InChI=1S/C24H24N4O6S/c1-31-19-6-3-2-5-18(19)22-27-24(23(34-22)26-9-4-11-28-12-10-25-16-28)35(29,30)17-7-8-20-21(15-17)33-14-13-32-20/h2-3,5-8,10,12,15-16,26H,4,9,11,13-14H2,1H3. The van der Waals surface area contributed by atoms with Crippen molar-refractivity contribution in [2.45, 2.75) is 22.9 Å². The van der Waals surface area contributed by atoms with Gasteiger partial charge in [-0.3, -0.25) is 0 Å².